The van der Waals surface area contributed by atoms with Crippen LogP contribution in [-0.4, -0.2) is 43.2 Å². The molecule has 0 spiro atoms. The van der Waals surface area contributed by atoms with E-state index in [1.807, 2.05) is 0 Å². The fraction of sp³-hybridized carbons (Fsp3) is 0.200. The van der Waals surface area contributed by atoms with E-state index in [1.54, 1.807) is 11.4 Å². The van der Waals surface area contributed by atoms with Crippen molar-refractivity contribution in [3.8, 4) is 5.75 Å². The second-order valence-corrected chi connectivity index (χ2v) is 8.32. The van der Waals surface area contributed by atoms with Crippen LogP contribution < -0.4 is 9.04 Å². The quantitative estimate of drug-likeness (QED) is 0.801. The van der Waals surface area contributed by atoms with Crippen LogP contribution in [0.25, 0.3) is 0 Å². The van der Waals surface area contributed by atoms with Crippen molar-refractivity contribution in [1.29, 1.82) is 0 Å². The highest BCUT2D eigenvalue weighted by Crippen LogP contribution is 2.38. The fourth-order valence-electron chi connectivity index (χ4n) is 2.46. The number of hydrogen-bond acceptors (Lipinski definition) is 6. The molecule has 1 aliphatic rings. The maximum Gasteiger partial charge on any atom is 0.346 e. The first-order chi connectivity index (χ1) is 11.8. The van der Waals surface area contributed by atoms with Gasteiger partial charge in [0.05, 0.1) is 18.7 Å². The molecule has 10 heteroatoms. The molecule has 25 heavy (non-hydrogen) atoms. The van der Waals surface area contributed by atoms with Gasteiger partial charge in [0, 0.05) is 0 Å². The minimum atomic E-state index is -3.98. The summed E-state index contributed by atoms with van der Waals surface area (Å²) >= 11 is 1.01. The second-order valence-electron chi connectivity index (χ2n) is 5.29. The van der Waals surface area contributed by atoms with Gasteiger partial charge in [-0.05, 0) is 29.1 Å². The Morgan fingerprint density at radius 1 is 1.28 bits per heavy atom. The fourth-order valence-corrected chi connectivity index (χ4v) is 5.03. The zero-order valence-electron chi connectivity index (χ0n) is 12.7. The zero-order valence-corrected chi connectivity index (χ0v) is 14.3. The van der Waals surface area contributed by atoms with Gasteiger partial charge in [0.1, 0.15) is 9.96 Å². The number of anilines is 1. The number of hydrogen-bond donors (Lipinski definition) is 2. The van der Waals surface area contributed by atoms with Crippen molar-refractivity contribution in [2.24, 2.45) is 0 Å². The van der Waals surface area contributed by atoms with Crippen molar-refractivity contribution in [3.63, 3.8) is 0 Å². The SMILES string of the molecule is O=C(O)Cc1ccc2c(c1)N(S(=O)(=O)c1cccs1)C[C@@H](C(=O)O)O2. The number of carboxylic acid groups (broad SMARTS) is 2. The molecule has 0 amide bonds. The van der Waals surface area contributed by atoms with Gasteiger partial charge in [0.15, 0.2) is 0 Å². The van der Waals surface area contributed by atoms with Crippen LogP contribution in [0.3, 0.4) is 0 Å². The molecule has 132 valence electrons. The van der Waals surface area contributed by atoms with Crippen molar-refractivity contribution in [3.05, 3.63) is 41.3 Å². The number of benzene rings is 1. The van der Waals surface area contributed by atoms with Crippen LogP contribution in [0.4, 0.5) is 5.69 Å². The molecular formula is C15H13NO7S2. The number of carbonyl (C=O) groups is 2. The molecule has 2 N–H and O–H groups in total. The van der Waals surface area contributed by atoms with E-state index in [9.17, 15) is 23.1 Å². The normalized spacial score (nSPS) is 16.8. The first-order valence-corrected chi connectivity index (χ1v) is 9.41. The maximum atomic E-state index is 12.9. The van der Waals surface area contributed by atoms with Crippen molar-refractivity contribution >= 4 is 39.0 Å². The van der Waals surface area contributed by atoms with Gasteiger partial charge < -0.3 is 14.9 Å². The van der Waals surface area contributed by atoms with E-state index in [1.165, 1.54) is 24.3 Å². The molecule has 0 unspecified atom stereocenters. The van der Waals surface area contributed by atoms with Gasteiger partial charge in [-0.15, -0.1) is 11.3 Å². The molecule has 1 atom stereocenters. The van der Waals surface area contributed by atoms with Gasteiger partial charge in [-0.25, -0.2) is 13.2 Å². The summed E-state index contributed by atoms with van der Waals surface area (Å²) < 4.78 is 32.1. The predicted octanol–water partition coefficient (Wildman–Crippen LogP) is 1.42. The summed E-state index contributed by atoms with van der Waals surface area (Å²) in [6, 6.07) is 7.25. The number of ether oxygens (including phenoxy) is 1. The van der Waals surface area contributed by atoms with E-state index in [0.717, 1.165) is 15.6 Å². The Morgan fingerprint density at radius 2 is 2.04 bits per heavy atom. The molecule has 0 saturated carbocycles. The third-order valence-electron chi connectivity index (χ3n) is 3.56. The highest BCUT2D eigenvalue weighted by atomic mass is 32.2. The van der Waals surface area contributed by atoms with Crippen LogP contribution in [0.2, 0.25) is 0 Å². The summed E-state index contributed by atoms with van der Waals surface area (Å²) in [5.74, 6) is -2.27. The van der Waals surface area contributed by atoms with E-state index in [-0.39, 0.29) is 22.1 Å². The summed E-state index contributed by atoms with van der Waals surface area (Å²) in [4.78, 5) is 22.2. The van der Waals surface area contributed by atoms with Crippen molar-refractivity contribution in [2.75, 3.05) is 10.8 Å². The Kier molecular flexibility index (Phi) is 4.39. The molecule has 8 nitrogen and oxygen atoms in total. The Hall–Kier alpha value is -2.59. The van der Waals surface area contributed by atoms with Crippen LogP contribution >= 0.6 is 11.3 Å². The molecule has 2 heterocycles. The number of rotatable bonds is 5. The third kappa shape index (κ3) is 3.30. The van der Waals surface area contributed by atoms with Gasteiger partial charge in [-0.2, -0.15) is 0 Å². The number of aliphatic carboxylic acids is 2. The summed E-state index contributed by atoms with van der Waals surface area (Å²) in [5, 5.41) is 19.8. The average molecular weight is 383 g/mol. The lowest BCUT2D eigenvalue weighted by atomic mass is 10.1. The second kappa shape index (κ2) is 6.37. The lowest BCUT2D eigenvalue weighted by molar-refractivity contribution is -0.144. The number of fused-ring (bicyclic) bond motifs is 1. The Morgan fingerprint density at radius 3 is 2.64 bits per heavy atom. The first kappa shape index (κ1) is 17.2. The summed E-state index contributed by atoms with van der Waals surface area (Å²) in [6.07, 6.45) is -1.64. The number of carboxylic acids is 2. The van der Waals surface area contributed by atoms with Crippen LogP contribution in [0, 0.1) is 0 Å². The zero-order chi connectivity index (χ0) is 18.2. The average Bonchev–Trinajstić information content (AvgIpc) is 3.08. The Balaban J connectivity index is 2.11. The Bertz CT molecular complexity index is 921. The molecule has 2 aromatic rings. The van der Waals surface area contributed by atoms with Gasteiger partial charge >= 0.3 is 11.9 Å². The lowest BCUT2D eigenvalue weighted by Gasteiger charge is -2.33. The standard InChI is InChI=1S/C15H13NO7S2/c17-13(18)7-9-3-4-11-10(6-9)16(8-12(23-11)15(19)20)25(21,22)14-2-1-5-24-14/h1-6,12H,7-8H2,(H,17,18)(H,19,20)/t12-/m0/s1. The number of thiophene rings is 1. The largest absolute Gasteiger partial charge is 0.481 e. The number of nitrogens with zero attached hydrogens (tertiary/aromatic N) is 1. The van der Waals surface area contributed by atoms with Gasteiger partial charge in [-0.3, -0.25) is 9.10 Å². The van der Waals surface area contributed by atoms with E-state index >= 15 is 0 Å². The molecule has 1 aromatic carbocycles. The van der Waals surface area contributed by atoms with Crippen molar-refractivity contribution in [2.45, 2.75) is 16.7 Å². The molecule has 3 rings (SSSR count). The monoisotopic (exact) mass is 383 g/mol. The molecule has 0 radical (unpaired) electrons. The van der Waals surface area contributed by atoms with E-state index in [0.29, 0.717) is 5.56 Å². The molecule has 1 aliphatic heterocycles. The topological polar surface area (TPSA) is 121 Å². The van der Waals surface area contributed by atoms with E-state index in [4.69, 9.17) is 9.84 Å². The molecule has 0 fully saturated rings. The minimum Gasteiger partial charge on any atom is -0.481 e. The van der Waals surface area contributed by atoms with E-state index < -0.39 is 34.6 Å². The molecule has 0 aliphatic carbocycles. The molecular weight excluding hydrogens is 370 g/mol. The van der Waals surface area contributed by atoms with Gasteiger partial charge in [0.25, 0.3) is 10.0 Å². The van der Waals surface area contributed by atoms with Crippen LogP contribution in [0.1, 0.15) is 5.56 Å². The van der Waals surface area contributed by atoms with Gasteiger partial charge in [0.2, 0.25) is 6.10 Å². The summed E-state index contributed by atoms with van der Waals surface area (Å²) in [5.41, 5.74) is 0.514. The highest BCUT2D eigenvalue weighted by Gasteiger charge is 2.38. The van der Waals surface area contributed by atoms with Crippen molar-refractivity contribution < 1.29 is 33.0 Å². The minimum absolute atomic E-state index is 0.0631. The predicted molar refractivity (Wildman–Crippen MR) is 88.7 cm³/mol. The Labute approximate surface area is 146 Å². The smallest absolute Gasteiger partial charge is 0.346 e. The molecule has 0 saturated heterocycles. The lowest BCUT2D eigenvalue weighted by Crippen LogP contribution is -2.46. The van der Waals surface area contributed by atoms with Crippen LogP contribution in [0.15, 0.2) is 39.9 Å². The van der Waals surface area contributed by atoms with Gasteiger partial charge in [-0.1, -0.05) is 12.1 Å². The van der Waals surface area contributed by atoms with Crippen molar-refractivity contribution in [1.82, 2.24) is 0 Å². The van der Waals surface area contributed by atoms with E-state index in [2.05, 4.69) is 0 Å². The third-order valence-corrected chi connectivity index (χ3v) is 6.72. The molecule has 1 aromatic heterocycles. The summed E-state index contributed by atoms with van der Waals surface area (Å²) in [6.45, 7) is -0.404. The van der Waals surface area contributed by atoms with Crippen LogP contribution in [0.5, 0.6) is 5.75 Å². The highest BCUT2D eigenvalue weighted by molar-refractivity contribution is 7.94. The maximum absolute atomic E-state index is 12.9. The first-order valence-electron chi connectivity index (χ1n) is 7.09. The van der Waals surface area contributed by atoms with Crippen LogP contribution in [-0.2, 0) is 26.0 Å². The number of sulfonamides is 1. The summed E-state index contributed by atoms with van der Waals surface area (Å²) in [7, 11) is -3.98. The molecule has 0 bridgehead atoms.